The van der Waals surface area contributed by atoms with Crippen LogP contribution in [0.1, 0.15) is 21.5 Å². The standard InChI is InChI=1S/C27H25ClN6O4/c28-21-7-8-23(34-17-30-32-33-34)19(15-21)10-11-29-27(36)22(14-18-4-2-1-3-5-18)31-26(35)20-6-9-24-25(16-20)38-13-12-37-24/h1-9,15-17,22H,10-14H2,(H,29,36)(H,31,35)/t22-/m0/s1. The monoisotopic (exact) mass is 532 g/mol. The first-order valence-electron chi connectivity index (χ1n) is 12.1. The second-order valence-electron chi connectivity index (χ2n) is 8.64. The van der Waals surface area contributed by atoms with Gasteiger partial charge in [0.15, 0.2) is 11.5 Å². The number of carbonyl (C=O) groups is 2. The molecule has 5 rings (SSSR count). The van der Waals surface area contributed by atoms with Crippen molar-refractivity contribution >= 4 is 23.4 Å². The number of aromatic nitrogens is 4. The molecule has 11 heteroatoms. The van der Waals surface area contributed by atoms with Gasteiger partial charge in [-0.15, -0.1) is 5.10 Å². The molecule has 38 heavy (non-hydrogen) atoms. The van der Waals surface area contributed by atoms with Crippen LogP contribution in [0.25, 0.3) is 5.69 Å². The van der Waals surface area contributed by atoms with Crippen LogP contribution in [0.2, 0.25) is 5.02 Å². The summed E-state index contributed by atoms with van der Waals surface area (Å²) in [4.78, 5) is 26.4. The number of hydrogen-bond donors (Lipinski definition) is 2. The molecule has 0 bridgehead atoms. The van der Waals surface area contributed by atoms with Gasteiger partial charge in [0.2, 0.25) is 5.91 Å². The maximum atomic E-state index is 13.3. The maximum Gasteiger partial charge on any atom is 0.252 e. The first-order chi connectivity index (χ1) is 18.6. The molecule has 1 atom stereocenters. The van der Waals surface area contributed by atoms with E-state index in [1.165, 1.54) is 6.33 Å². The third kappa shape index (κ3) is 6.09. The number of fused-ring (bicyclic) bond motifs is 1. The Balaban J connectivity index is 1.28. The van der Waals surface area contributed by atoms with Crippen molar-refractivity contribution in [3.63, 3.8) is 0 Å². The molecular weight excluding hydrogens is 508 g/mol. The van der Waals surface area contributed by atoms with Gasteiger partial charge in [-0.05, 0) is 64.4 Å². The first-order valence-corrected chi connectivity index (χ1v) is 12.5. The summed E-state index contributed by atoms with van der Waals surface area (Å²) in [5.41, 5.74) is 2.93. The van der Waals surface area contributed by atoms with E-state index in [0.29, 0.717) is 54.7 Å². The van der Waals surface area contributed by atoms with E-state index in [9.17, 15) is 9.59 Å². The Bertz CT molecular complexity index is 1410. The zero-order valence-corrected chi connectivity index (χ0v) is 21.1. The average molecular weight is 533 g/mol. The van der Waals surface area contributed by atoms with Crippen LogP contribution >= 0.6 is 11.6 Å². The van der Waals surface area contributed by atoms with Gasteiger partial charge in [-0.3, -0.25) is 9.59 Å². The number of nitrogens with zero attached hydrogens (tertiary/aromatic N) is 4. The molecule has 1 aliphatic rings. The van der Waals surface area contributed by atoms with Gasteiger partial charge in [0, 0.05) is 23.6 Å². The van der Waals surface area contributed by atoms with Crippen LogP contribution in [0.4, 0.5) is 0 Å². The first kappa shape index (κ1) is 25.2. The number of ether oxygens (including phenoxy) is 2. The minimum atomic E-state index is -0.795. The minimum Gasteiger partial charge on any atom is -0.486 e. The number of halogens is 1. The second-order valence-corrected chi connectivity index (χ2v) is 9.08. The Hall–Kier alpha value is -4.44. The van der Waals surface area contributed by atoms with Gasteiger partial charge in [0.25, 0.3) is 5.91 Å². The van der Waals surface area contributed by atoms with E-state index in [-0.39, 0.29) is 11.8 Å². The molecule has 1 aliphatic heterocycles. The SMILES string of the molecule is O=C(N[C@@H](Cc1ccccc1)C(=O)NCCc1cc(Cl)ccc1-n1cnnn1)c1ccc2c(c1)OCCO2. The summed E-state index contributed by atoms with van der Waals surface area (Å²) in [5.74, 6) is 0.418. The fourth-order valence-corrected chi connectivity index (χ4v) is 4.37. The summed E-state index contributed by atoms with van der Waals surface area (Å²) in [5, 5.41) is 17.7. The van der Waals surface area contributed by atoms with Crippen LogP contribution in [0.15, 0.2) is 73.1 Å². The van der Waals surface area contributed by atoms with Gasteiger partial charge in [-0.1, -0.05) is 41.9 Å². The van der Waals surface area contributed by atoms with Crippen LogP contribution in [-0.4, -0.2) is 57.8 Å². The van der Waals surface area contributed by atoms with E-state index in [1.807, 2.05) is 42.5 Å². The van der Waals surface area contributed by atoms with E-state index in [1.54, 1.807) is 28.9 Å². The summed E-state index contributed by atoms with van der Waals surface area (Å²) < 4.78 is 12.7. The molecule has 3 aromatic carbocycles. The molecule has 0 saturated heterocycles. The fraction of sp³-hybridized carbons (Fsp3) is 0.222. The third-order valence-electron chi connectivity index (χ3n) is 6.04. The normalized spacial score (nSPS) is 13.0. The van der Waals surface area contributed by atoms with Crippen molar-refractivity contribution in [2.45, 2.75) is 18.9 Å². The third-order valence-corrected chi connectivity index (χ3v) is 6.27. The highest BCUT2D eigenvalue weighted by atomic mass is 35.5. The molecule has 0 radical (unpaired) electrons. The quantitative estimate of drug-likeness (QED) is 0.340. The highest BCUT2D eigenvalue weighted by Crippen LogP contribution is 2.30. The number of tetrazole rings is 1. The summed E-state index contributed by atoms with van der Waals surface area (Å²) in [7, 11) is 0. The predicted molar refractivity (Wildman–Crippen MR) is 140 cm³/mol. The summed E-state index contributed by atoms with van der Waals surface area (Å²) >= 11 is 6.21. The number of benzene rings is 3. The molecular formula is C27H25ClN6O4. The maximum absolute atomic E-state index is 13.3. The minimum absolute atomic E-state index is 0.300. The Morgan fingerprint density at radius 2 is 1.82 bits per heavy atom. The molecule has 2 N–H and O–H groups in total. The van der Waals surface area contributed by atoms with Crippen LogP contribution < -0.4 is 20.1 Å². The van der Waals surface area contributed by atoms with E-state index in [2.05, 4.69) is 26.2 Å². The van der Waals surface area contributed by atoms with Gasteiger partial charge < -0.3 is 20.1 Å². The van der Waals surface area contributed by atoms with Crippen molar-refractivity contribution in [2.75, 3.05) is 19.8 Å². The number of hydrogen-bond acceptors (Lipinski definition) is 7. The van der Waals surface area contributed by atoms with Gasteiger partial charge >= 0.3 is 0 Å². The van der Waals surface area contributed by atoms with Gasteiger partial charge in [-0.25, -0.2) is 4.68 Å². The smallest absolute Gasteiger partial charge is 0.252 e. The predicted octanol–water partition coefficient (Wildman–Crippen LogP) is 2.79. The fourth-order valence-electron chi connectivity index (χ4n) is 4.18. The van der Waals surface area contributed by atoms with Crippen LogP contribution in [-0.2, 0) is 17.6 Å². The summed E-state index contributed by atoms with van der Waals surface area (Å²) in [6, 6.07) is 19.1. The molecule has 0 spiro atoms. The molecule has 194 valence electrons. The van der Waals surface area contributed by atoms with E-state index in [4.69, 9.17) is 21.1 Å². The largest absolute Gasteiger partial charge is 0.486 e. The van der Waals surface area contributed by atoms with Gasteiger partial charge in [0.05, 0.1) is 5.69 Å². The zero-order valence-electron chi connectivity index (χ0n) is 20.3. The van der Waals surface area contributed by atoms with Crippen LogP contribution in [0, 0.1) is 0 Å². The highest BCUT2D eigenvalue weighted by molar-refractivity contribution is 6.30. The Labute approximate surface area is 223 Å². The lowest BCUT2D eigenvalue weighted by atomic mass is 10.0. The Morgan fingerprint density at radius 1 is 1.00 bits per heavy atom. The van der Waals surface area contributed by atoms with E-state index in [0.717, 1.165) is 16.8 Å². The van der Waals surface area contributed by atoms with Crippen LogP contribution in [0.5, 0.6) is 11.5 Å². The van der Waals surface area contributed by atoms with Crippen molar-refractivity contribution in [3.05, 3.63) is 94.8 Å². The van der Waals surface area contributed by atoms with E-state index >= 15 is 0 Å². The van der Waals surface area contributed by atoms with Gasteiger partial charge in [0.1, 0.15) is 25.6 Å². The lowest BCUT2D eigenvalue weighted by Gasteiger charge is -2.21. The van der Waals surface area contributed by atoms with Crippen LogP contribution in [0.3, 0.4) is 0 Å². The topological polar surface area (TPSA) is 120 Å². The van der Waals surface area contributed by atoms with Crippen molar-refractivity contribution in [2.24, 2.45) is 0 Å². The average Bonchev–Trinajstić information content (AvgIpc) is 3.48. The second kappa shape index (κ2) is 11.7. The van der Waals surface area contributed by atoms with Gasteiger partial charge in [-0.2, -0.15) is 0 Å². The molecule has 2 heterocycles. The summed E-state index contributed by atoms with van der Waals surface area (Å²) in [6.07, 6.45) is 2.31. The Kier molecular flexibility index (Phi) is 7.79. The number of rotatable bonds is 9. The van der Waals surface area contributed by atoms with Crippen molar-refractivity contribution < 1.29 is 19.1 Å². The Morgan fingerprint density at radius 3 is 2.61 bits per heavy atom. The molecule has 1 aromatic heterocycles. The number of carbonyl (C=O) groups excluding carboxylic acids is 2. The molecule has 0 aliphatic carbocycles. The molecule has 0 fully saturated rings. The van der Waals surface area contributed by atoms with E-state index < -0.39 is 6.04 Å². The molecule has 10 nitrogen and oxygen atoms in total. The number of amides is 2. The molecule has 4 aromatic rings. The van der Waals surface area contributed by atoms with Crippen molar-refractivity contribution in [1.82, 2.24) is 30.8 Å². The highest BCUT2D eigenvalue weighted by Gasteiger charge is 2.23. The molecule has 0 saturated carbocycles. The lowest BCUT2D eigenvalue weighted by molar-refractivity contribution is -0.122. The van der Waals surface area contributed by atoms with Crippen molar-refractivity contribution in [3.8, 4) is 17.2 Å². The molecule has 0 unspecified atom stereocenters. The zero-order chi connectivity index (χ0) is 26.3. The summed E-state index contributed by atoms with van der Waals surface area (Å²) in [6.45, 7) is 1.20. The number of nitrogens with one attached hydrogen (secondary N) is 2. The van der Waals surface area contributed by atoms with Crippen molar-refractivity contribution in [1.29, 1.82) is 0 Å². The molecule has 2 amide bonds. The lowest BCUT2D eigenvalue weighted by Crippen LogP contribution is -2.48.